The Balaban J connectivity index is 1.50. The highest BCUT2D eigenvalue weighted by Crippen LogP contribution is 2.28. The van der Waals surface area contributed by atoms with Gasteiger partial charge in [0.1, 0.15) is 6.04 Å². The molecule has 0 spiro atoms. The fourth-order valence-electron chi connectivity index (χ4n) is 3.18. The van der Waals surface area contributed by atoms with Gasteiger partial charge in [-0.25, -0.2) is 9.75 Å². The molecule has 0 bridgehead atoms. The Labute approximate surface area is 177 Å². The molecule has 2 heterocycles. The number of hydrogen-bond donors (Lipinski definition) is 1. The predicted molar refractivity (Wildman–Crippen MR) is 109 cm³/mol. The number of hydrogen-bond acceptors (Lipinski definition) is 7. The molecule has 1 aliphatic rings. The quantitative estimate of drug-likeness (QED) is 0.639. The minimum Gasteiger partial charge on any atom is -0.480 e. The normalized spacial score (nSPS) is 15.9. The lowest BCUT2D eigenvalue weighted by molar-refractivity contribution is -0.282. The maximum absolute atomic E-state index is 11.8. The van der Waals surface area contributed by atoms with Gasteiger partial charge in [-0.05, 0) is 30.2 Å². The zero-order valence-corrected chi connectivity index (χ0v) is 16.9. The van der Waals surface area contributed by atoms with E-state index in [1.165, 1.54) is 5.06 Å². The van der Waals surface area contributed by atoms with E-state index in [1.54, 1.807) is 15.9 Å². The molecule has 0 aliphatic carbocycles. The SMILES string of the molecule is Cc1ccc(-n2cc(Cl)nn2)c(N2CON(C(Cc3ccccc3)C(=O)O)CO2)c1. The highest BCUT2D eigenvalue weighted by Gasteiger charge is 2.32. The van der Waals surface area contributed by atoms with Crippen molar-refractivity contribution in [3.05, 3.63) is 71.0 Å². The molecule has 3 aromatic rings. The van der Waals surface area contributed by atoms with E-state index in [-0.39, 0.29) is 18.6 Å². The highest BCUT2D eigenvalue weighted by atomic mass is 35.5. The molecule has 10 heteroatoms. The van der Waals surface area contributed by atoms with Crippen molar-refractivity contribution >= 4 is 23.3 Å². The van der Waals surface area contributed by atoms with Crippen LogP contribution in [-0.2, 0) is 20.9 Å². The largest absolute Gasteiger partial charge is 0.480 e. The summed E-state index contributed by atoms with van der Waals surface area (Å²) < 4.78 is 1.54. The Kier molecular flexibility index (Phi) is 5.96. The standard InChI is InChI=1S/C20H20ClN5O4/c1-14-7-8-16(24-11-19(21)22-23-24)17(9-14)25-12-30-26(13-29-25)18(20(27)28)10-15-5-3-2-4-6-15/h2-9,11,18H,10,12-13H2,1H3,(H,27,28). The lowest BCUT2D eigenvalue weighted by Crippen LogP contribution is -2.51. The summed E-state index contributed by atoms with van der Waals surface area (Å²) in [6, 6.07) is 14.3. The second kappa shape index (κ2) is 8.80. The molecule has 156 valence electrons. The van der Waals surface area contributed by atoms with E-state index >= 15 is 0 Å². The monoisotopic (exact) mass is 429 g/mol. The summed E-state index contributed by atoms with van der Waals surface area (Å²) in [4.78, 5) is 23.4. The summed E-state index contributed by atoms with van der Waals surface area (Å²) in [5, 5.41) is 20.7. The van der Waals surface area contributed by atoms with E-state index < -0.39 is 12.0 Å². The Bertz CT molecular complexity index is 1020. The molecular formula is C20H20ClN5O4. The average molecular weight is 430 g/mol. The van der Waals surface area contributed by atoms with Crippen molar-refractivity contribution in [3.63, 3.8) is 0 Å². The third-order valence-corrected chi connectivity index (χ3v) is 4.87. The number of nitrogens with zero attached hydrogens (tertiary/aromatic N) is 5. The van der Waals surface area contributed by atoms with Crippen molar-refractivity contribution in [1.82, 2.24) is 20.1 Å². The summed E-state index contributed by atoms with van der Waals surface area (Å²) in [7, 11) is 0. The first-order valence-corrected chi connectivity index (χ1v) is 9.64. The molecule has 1 N–H and O–H groups in total. The van der Waals surface area contributed by atoms with Crippen molar-refractivity contribution in [2.75, 3.05) is 18.5 Å². The smallest absolute Gasteiger partial charge is 0.323 e. The van der Waals surface area contributed by atoms with Gasteiger partial charge in [-0.2, -0.15) is 0 Å². The summed E-state index contributed by atoms with van der Waals surface area (Å²) in [6.45, 7) is 1.92. The molecule has 9 nitrogen and oxygen atoms in total. The minimum absolute atomic E-state index is 0.0114. The molecule has 2 aromatic carbocycles. The zero-order valence-electron chi connectivity index (χ0n) is 16.2. The van der Waals surface area contributed by atoms with E-state index in [9.17, 15) is 9.90 Å². The average Bonchev–Trinajstić information content (AvgIpc) is 3.19. The van der Waals surface area contributed by atoms with Crippen molar-refractivity contribution in [3.8, 4) is 5.69 Å². The van der Waals surface area contributed by atoms with Crippen molar-refractivity contribution in [2.24, 2.45) is 0 Å². The van der Waals surface area contributed by atoms with Crippen LogP contribution in [0.2, 0.25) is 5.15 Å². The van der Waals surface area contributed by atoms with E-state index in [0.29, 0.717) is 17.8 Å². The second-order valence-electron chi connectivity index (χ2n) is 6.83. The first kappa shape index (κ1) is 20.3. The Morgan fingerprint density at radius 2 is 1.97 bits per heavy atom. The maximum atomic E-state index is 11.8. The number of hydroxylamine groups is 3. The van der Waals surface area contributed by atoms with Crippen LogP contribution in [0.15, 0.2) is 54.7 Å². The highest BCUT2D eigenvalue weighted by molar-refractivity contribution is 6.29. The second-order valence-corrected chi connectivity index (χ2v) is 7.22. The van der Waals surface area contributed by atoms with Gasteiger partial charge in [-0.15, -0.1) is 10.2 Å². The predicted octanol–water partition coefficient (Wildman–Crippen LogP) is 2.83. The number of benzene rings is 2. The van der Waals surface area contributed by atoms with Gasteiger partial charge < -0.3 is 5.11 Å². The fourth-order valence-corrected chi connectivity index (χ4v) is 3.31. The van der Waals surface area contributed by atoms with Gasteiger partial charge in [-0.1, -0.05) is 53.2 Å². The third-order valence-electron chi connectivity index (χ3n) is 4.70. The lowest BCUT2D eigenvalue weighted by Gasteiger charge is -2.37. The molecule has 1 unspecified atom stereocenters. The van der Waals surface area contributed by atoms with Gasteiger partial charge in [0.15, 0.2) is 18.6 Å². The van der Waals surface area contributed by atoms with Crippen LogP contribution in [0.3, 0.4) is 0 Å². The number of anilines is 1. The van der Waals surface area contributed by atoms with Crippen LogP contribution in [0.25, 0.3) is 5.69 Å². The van der Waals surface area contributed by atoms with Crippen LogP contribution >= 0.6 is 11.6 Å². The lowest BCUT2D eigenvalue weighted by atomic mass is 10.1. The number of aryl methyl sites for hydroxylation is 1. The zero-order chi connectivity index (χ0) is 21.1. The number of rotatable bonds is 6. The van der Waals surface area contributed by atoms with Crippen LogP contribution < -0.4 is 5.06 Å². The van der Waals surface area contributed by atoms with Gasteiger partial charge in [0.25, 0.3) is 0 Å². The third kappa shape index (κ3) is 4.44. The number of aliphatic carboxylic acids is 1. The fraction of sp³-hybridized carbons (Fsp3) is 0.250. The molecule has 0 amide bonds. The van der Waals surface area contributed by atoms with E-state index in [2.05, 4.69) is 10.3 Å². The van der Waals surface area contributed by atoms with Crippen molar-refractivity contribution in [1.29, 1.82) is 0 Å². The number of carboxylic acids is 1. The molecule has 0 radical (unpaired) electrons. The van der Waals surface area contributed by atoms with Gasteiger partial charge in [0.2, 0.25) is 0 Å². The molecule has 4 rings (SSSR count). The van der Waals surface area contributed by atoms with Gasteiger partial charge in [0, 0.05) is 6.42 Å². The molecule has 1 aromatic heterocycles. The van der Waals surface area contributed by atoms with E-state index in [1.807, 2.05) is 55.5 Å². The van der Waals surface area contributed by atoms with E-state index in [4.69, 9.17) is 21.3 Å². The maximum Gasteiger partial charge on any atom is 0.323 e. The topological polar surface area (TPSA) is 93.0 Å². The number of carbonyl (C=O) groups is 1. The van der Waals surface area contributed by atoms with Crippen LogP contribution in [-0.4, -0.2) is 50.6 Å². The Morgan fingerprint density at radius 3 is 2.60 bits per heavy atom. The summed E-state index contributed by atoms with van der Waals surface area (Å²) >= 11 is 5.90. The molecule has 1 saturated heterocycles. The summed E-state index contributed by atoms with van der Waals surface area (Å²) in [5.74, 6) is -0.982. The van der Waals surface area contributed by atoms with Crippen LogP contribution in [0, 0.1) is 6.92 Å². The number of halogens is 1. The van der Waals surface area contributed by atoms with Crippen molar-refractivity contribution in [2.45, 2.75) is 19.4 Å². The first-order valence-electron chi connectivity index (χ1n) is 9.27. The minimum atomic E-state index is -0.982. The van der Waals surface area contributed by atoms with Crippen LogP contribution in [0.5, 0.6) is 0 Å². The van der Waals surface area contributed by atoms with Gasteiger partial charge in [0.05, 0.1) is 17.6 Å². The summed E-state index contributed by atoms with van der Waals surface area (Å²) in [6.07, 6.45) is 1.89. The molecule has 1 aliphatic heterocycles. The van der Waals surface area contributed by atoms with Gasteiger partial charge >= 0.3 is 5.97 Å². The summed E-state index contributed by atoms with van der Waals surface area (Å²) in [5.41, 5.74) is 3.32. The Morgan fingerprint density at radius 1 is 1.17 bits per heavy atom. The number of carboxylic acid groups (broad SMARTS) is 1. The first-order chi connectivity index (χ1) is 14.5. The molecular weight excluding hydrogens is 410 g/mol. The molecule has 1 atom stereocenters. The molecule has 0 saturated carbocycles. The van der Waals surface area contributed by atoms with Crippen LogP contribution in [0.4, 0.5) is 5.69 Å². The molecule has 30 heavy (non-hydrogen) atoms. The van der Waals surface area contributed by atoms with Crippen LogP contribution in [0.1, 0.15) is 11.1 Å². The number of aromatic nitrogens is 3. The van der Waals surface area contributed by atoms with Crippen molar-refractivity contribution < 1.29 is 19.6 Å². The van der Waals surface area contributed by atoms with Gasteiger partial charge in [-0.3, -0.25) is 14.5 Å². The molecule has 1 fully saturated rings. The Hall–Kier alpha value is -2.98. The van der Waals surface area contributed by atoms with E-state index in [0.717, 1.165) is 11.1 Å².